The maximum atomic E-state index is 12.6. The number of amides is 2. The van der Waals surface area contributed by atoms with Crippen molar-refractivity contribution in [2.45, 2.75) is 11.8 Å². The van der Waals surface area contributed by atoms with Gasteiger partial charge in [-0.25, -0.2) is 8.42 Å². The molecule has 0 unspecified atom stereocenters. The Morgan fingerprint density at radius 2 is 1.52 bits per heavy atom. The molecule has 0 aliphatic carbocycles. The summed E-state index contributed by atoms with van der Waals surface area (Å²) in [5.41, 5.74) is 2.51. The van der Waals surface area contributed by atoms with Crippen molar-refractivity contribution in [2.24, 2.45) is 0 Å². The maximum Gasteiger partial charge on any atom is 0.261 e. The predicted octanol–water partition coefficient (Wildman–Crippen LogP) is 3.75. The molecule has 8 heteroatoms. The van der Waals surface area contributed by atoms with Crippen LogP contribution in [0.3, 0.4) is 0 Å². The number of hydrogen-bond donors (Lipinski definition) is 2. The minimum atomic E-state index is -3.78. The zero-order valence-electron chi connectivity index (χ0n) is 17.4. The first-order valence-corrected chi connectivity index (χ1v) is 11.0. The van der Waals surface area contributed by atoms with Gasteiger partial charge in [-0.2, -0.15) is 0 Å². The number of para-hydroxylation sites is 1. The van der Waals surface area contributed by atoms with E-state index in [-0.39, 0.29) is 10.8 Å². The summed E-state index contributed by atoms with van der Waals surface area (Å²) in [6, 6.07) is 19.3. The van der Waals surface area contributed by atoms with Gasteiger partial charge in [-0.05, 0) is 61.0 Å². The average Bonchev–Trinajstić information content (AvgIpc) is 2.75. The summed E-state index contributed by atoms with van der Waals surface area (Å²) in [6.45, 7) is 1.81. The van der Waals surface area contributed by atoms with Gasteiger partial charge in [-0.15, -0.1) is 0 Å². The van der Waals surface area contributed by atoms with Gasteiger partial charge < -0.3 is 10.2 Å². The molecule has 3 aromatic rings. The zero-order chi connectivity index (χ0) is 22.6. The molecule has 3 rings (SSSR count). The minimum Gasteiger partial charge on any atom is -0.345 e. The van der Waals surface area contributed by atoms with Gasteiger partial charge in [0.1, 0.15) is 0 Å². The van der Waals surface area contributed by atoms with Crippen LogP contribution in [0.15, 0.2) is 77.7 Å². The van der Waals surface area contributed by atoms with Gasteiger partial charge in [0.05, 0.1) is 10.6 Å². The monoisotopic (exact) mass is 437 g/mol. The summed E-state index contributed by atoms with van der Waals surface area (Å²) in [5.74, 6) is -0.586. The van der Waals surface area contributed by atoms with E-state index in [0.29, 0.717) is 22.5 Å². The number of nitrogens with zero attached hydrogens (tertiary/aromatic N) is 1. The third kappa shape index (κ3) is 5.29. The highest BCUT2D eigenvalue weighted by Crippen LogP contribution is 2.20. The number of carbonyl (C=O) groups is 2. The molecule has 2 N–H and O–H groups in total. The Morgan fingerprint density at radius 3 is 2.16 bits per heavy atom. The first-order valence-electron chi connectivity index (χ1n) is 9.49. The summed E-state index contributed by atoms with van der Waals surface area (Å²) in [4.78, 5) is 26.1. The third-order valence-electron chi connectivity index (χ3n) is 4.59. The normalized spacial score (nSPS) is 10.9. The molecule has 0 saturated heterocycles. The molecular weight excluding hydrogens is 414 g/mol. The van der Waals surface area contributed by atoms with E-state index in [9.17, 15) is 18.0 Å². The van der Waals surface area contributed by atoms with Crippen LogP contribution >= 0.6 is 0 Å². The Bertz CT molecular complexity index is 1220. The molecular formula is C23H23N3O4S. The second kappa shape index (κ2) is 9.01. The van der Waals surface area contributed by atoms with Crippen LogP contribution < -0.4 is 10.0 Å². The number of nitrogens with one attached hydrogen (secondary N) is 2. The Balaban J connectivity index is 1.74. The molecule has 0 aliphatic heterocycles. The predicted molar refractivity (Wildman–Crippen MR) is 121 cm³/mol. The largest absolute Gasteiger partial charge is 0.345 e. The Hall–Kier alpha value is -3.65. The minimum absolute atomic E-state index is 0.0471. The Morgan fingerprint density at radius 1 is 0.839 bits per heavy atom. The fourth-order valence-corrected chi connectivity index (χ4v) is 4.00. The van der Waals surface area contributed by atoms with Gasteiger partial charge >= 0.3 is 0 Å². The van der Waals surface area contributed by atoms with Crippen molar-refractivity contribution in [3.05, 3.63) is 89.5 Å². The molecule has 0 radical (unpaired) electrons. The van der Waals surface area contributed by atoms with Crippen LogP contribution in [-0.2, 0) is 10.0 Å². The lowest BCUT2D eigenvalue weighted by atomic mass is 10.1. The molecule has 0 spiro atoms. The molecule has 0 saturated carbocycles. The van der Waals surface area contributed by atoms with Gasteiger partial charge in [-0.1, -0.05) is 24.3 Å². The van der Waals surface area contributed by atoms with E-state index in [2.05, 4.69) is 10.0 Å². The smallest absolute Gasteiger partial charge is 0.261 e. The maximum absolute atomic E-state index is 12.6. The molecule has 2 amide bonds. The van der Waals surface area contributed by atoms with Gasteiger partial charge in [0, 0.05) is 30.9 Å². The van der Waals surface area contributed by atoms with Crippen LogP contribution in [0.25, 0.3) is 0 Å². The number of anilines is 2. The molecule has 31 heavy (non-hydrogen) atoms. The number of hydrogen-bond acceptors (Lipinski definition) is 4. The first kappa shape index (κ1) is 22.0. The van der Waals surface area contributed by atoms with Gasteiger partial charge in [0.2, 0.25) is 0 Å². The molecule has 0 aliphatic rings. The zero-order valence-corrected chi connectivity index (χ0v) is 18.2. The fourth-order valence-electron chi connectivity index (χ4n) is 2.87. The fraction of sp³-hybridized carbons (Fsp3) is 0.130. The summed E-state index contributed by atoms with van der Waals surface area (Å²) < 4.78 is 27.8. The standard InChI is InChI=1S/C23H23N3O4S/c1-16-7-4-5-10-21(16)25-31(29,30)20-13-11-17(12-14-20)22(27)24-19-9-6-8-18(15-19)23(28)26(2)3/h4-15,25H,1-3H3,(H,24,27). The number of carbonyl (C=O) groups excluding carboxylic acids is 2. The van der Waals surface area contributed by atoms with Crippen molar-refractivity contribution >= 4 is 33.2 Å². The van der Waals surface area contributed by atoms with Crippen molar-refractivity contribution in [2.75, 3.05) is 24.1 Å². The lowest BCUT2D eigenvalue weighted by Gasteiger charge is -2.12. The van der Waals surface area contributed by atoms with Crippen molar-refractivity contribution in [1.82, 2.24) is 4.90 Å². The molecule has 0 fully saturated rings. The molecule has 0 bridgehead atoms. The Kier molecular flexibility index (Phi) is 6.41. The van der Waals surface area contributed by atoms with E-state index in [1.807, 2.05) is 19.1 Å². The van der Waals surface area contributed by atoms with E-state index in [0.717, 1.165) is 5.56 Å². The summed E-state index contributed by atoms with van der Waals surface area (Å²) >= 11 is 0. The molecule has 0 heterocycles. The quantitative estimate of drug-likeness (QED) is 0.614. The SMILES string of the molecule is Cc1ccccc1NS(=O)(=O)c1ccc(C(=O)Nc2cccc(C(=O)N(C)C)c2)cc1. The molecule has 3 aromatic carbocycles. The van der Waals surface area contributed by atoms with Crippen LogP contribution in [0.2, 0.25) is 0 Å². The number of sulfonamides is 1. The van der Waals surface area contributed by atoms with Gasteiger partial charge in [0.25, 0.3) is 21.8 Å². The van der Waals surface area contributed by atoms with Crippen LogP contribution in [-0.4, -0.2) is 39.2 Å². The average molecular weight is 438 g/mol. The van der Waals surface area contributed by atoms with Gasteiger partial charge in [0.15, 0.2) is 0 Å². The first-order chi connectivity index (χ1) is 14.7. The molecule has 0 aromatic heterocycles. The van der Waals surface area contributed by atoms with Gasteiger partial charge in [-0.3, -0.25) is 14.3 Å². The van der Waals surface area contributed by atoms with Crippen molar-refractivity contribution in [1.29, 1.82) is 0 Å². The molecule has 0 atom stereocenters. The van der Waals surface area contributed by atoms with Crippen LogP contribution in [0, 0.1) is 6.92 Å². The lowest BCUT2D eigenvalue weighted by molar-refractivity contribution is 0.0827. The molecule has 7 nitrogen and oxygen atoms in total. The summed E-state index contributed by atoms with van der Waals surface area (Å²) in [7, 11) is -0.484. The van der Waals surface area contributed by atoms with Crippen LogP contribution in [0.1, 0.15) is 26.3 Å². The highest BCUT2D eigenvalue weighted by molar-refractivity contribution is 7.92. The van der Waals surface area contributed by atoms with E-state index in [1.54, 1.807) is 50.5 Å². The highest BCUT2D eigenvalue weighted by atomic mass is 32.2. The van der Waals surface area contributed by atoms with Crippen molar-refractivity contribution < 1.29 is 18.0 Å². The Labute approximate surface area is 181 Å². The summed E-state index contributed by atoms with van der Waals surface area (Å²) in [6.07, 6.45) is 0. The molecule has 160 valence electrons. The topological polar surface area (TPSA) is 95.6 Å². The summed E-state index contributed by atoms with van der Waals surface area (Å²) in [5, 5.41) is 2.72. The van der Waals surface area contributed by atoms with Crippen LogP contribution in [0.5, 0.6) is 0 Å². The third-order valence-corrected chi connectivity index (χ3v) is 5.97. The second-order valence-electron chi connectivity index (χ2n) is 7.18. The van der Waals surface area contributed by atoms with E-state index >= 15 is 0 Å². The van der Waals surface area contributed by atoms with Crippen molar-refractivity contribution in [3.63, 3.8) is 0 Å². The van der Waals surface area contributed by atoms with Crippen LogP contribution in [0.4, 0.5) is 11.4 Å². The van der Waals surface area contributed by atoms with E-state index in [1.165, 1.54) is 29.2 Å². The number of rotatable bonds is 6. The second-order valence-corrected chi connectivity index (χ2v) is 8.86. The number of aryl methyl sites for hydroxylation is 1. The highest BCUT2D eigenvalue weighted by Gasteiger charge is 2.16. The number of benzene rings is 3. The van der Waals surface area contributed by atoms with E-state index < -0.39 is 15.9 Å². The van der Waals surface area contributed by atoms with E-state index in [4.69, 9.17) is 0 Å². The van der Waals surface area contributed by atoms with Crippen molar-refractivity contribution in [3.8, 4) is 0 Å². The lowest BCUT2D eigenvalue weighted by Crippen LogP contribution is -2.22.